The molecule has 0 radical (unpaired) electrons. The molecule has 7 nitrogen and oxygen atoms in total. The second kappa shape index (κ2) is 7.87. The normalized spacial score (nSPS) is 11.9. The first-order valence-corrected chi connectivity index (χ1v) is 8.79. The van der Waals surface area contributed by atoms with E-state index in [0.717, 1.165) is 16.8 Å². The summed E-state index contributed by atoms with van der Waals surface area (Å²) < 4.78 is 12.0. The summed E-state index contributed by atoms with van der Waals surface area (Å²) in [5.41, 5.74) is 2.93. The number of aromatic nitrogens is 4. The standard InChI is InChI=1S/C21H18N4O3/c1-27-21(26)18-14-28-20(22-18)19(12-15-8-4-2-5-9-15)25-13-17(23-24-25)16-10-6-3-7-11-16/h2-11,13-14,19H,12H2,1H3/t19-/m0/s1. The summed E-state index contributed by atoms with van der Waals surface area (Å²) in [7, 11) is 1.31. The van der Waals surface area contributed by atoms with Crippen molar-refractivity contribution in [3.8, 4) is 11.3 Å². The number of rotatable bonds is 6. The van der Waals surface area contributed by atoms with Crippen LogP contribution in [0.15, 0.2) is 77.5 Å². The van der Waals surface area contributed by atoms with Crippen LogP contribution in [0, 0.1) is 0 Å². The average Bonchev–Trinajstić information content (AvgIpc) is 3.43. The molecule has 0 unspecified atom stereocenters. The first kappa shape index (κ1) is 17.7. The lowest BCUT2D eigenvalue weighted by Gasteiger charge is -2.13. The predicted molar refractivity (Wildman–Crippen MR) is 102 cm³/mol. The van der Waals surface area contributed by atoms with Crippen LogP contribution in [0.3, 0.4) is 0 Å². The Morgan fingerprint density at radius 3 is 2.54 bits per heavy atom. The van der Waals surface area contributed by atoms with E-state index in [2.05, 4.69) is 15.3 Å². The zero-order valence-corrected chi connectivity index (χ0v) is 15.2. The number of methoxy groups -OCH3 is 1. The van der Waals surface area contributed by atoms with E-state index in [1.165, 1.54) is 13.4 Å². The molecule has 0 spiro atoms. The van der Waals surface area contributed by atoms with Crippen molar-refractivity contribution in [3.63, 3.8) is 0 Å². The zero-order chi connectivity index (χ0) is 19.3. The van der Waals surface area contributed by atoms with Crippen molar-refractivity contribution in [3.05, 3.63) is 90.3 Å². The van der Waals surface area contributed by atoms with Crippen molar-refractivity contribution in [2.45, 2.75) is 12.5 Å². The third kappa shape index (κ3) is 3.68. The van der Waals surface area contributed by atoms with Crippen molar-refractivity contribution in [2.75, 3.05) is 7.11 Å². The van der Waals surface area contributed by atoms with E-state index < -0.39 is 5.97 Å². The molecular weight excluding hydrogens is 356 g/mol. The lowest BCUT2D eigenvalue weighted by molar-refractivity contribution is 0.0594. The first-order chi connectivity index (χ1) is 13.7. The summed E-state index contributed by atoms with van der Waals surface area (Å²) in [6, 6.07) is 19.4. The number of benzene rings is 2. The number of esters is 1. The smallest absolute Gasteiger partial charge is 0.360 e. The average molecular weight is 374 g/mol. The summed E-state index contributed by atoms with van der Waals surface area (Å²) >= 11 is 0. The fourth-order valence-corrected chi connectivity index (χ4v) is 2.94. The van der Waals surface area contributed by atoms with Crippen LogP contribution >= 0.6 is 0 Å². The van der Waals surface area contributed by atoms with Crippen molar-refractivity contribution in [2.24, 2.45) is 0 Å². The molecule has 140 valence electrons. The summed E-state index contributed by atoms with van der Waals surface area (Å²) in [4.78, 5) is 16.1. The third-order valence-electron chi connectivity index (χ3n) is 4.37. The maximum Gasteiger partial charge on any atom is 0.360 e. The van der Waals surface area contributed by atoms with E-state index in [1.807, 2.05) is 66.9 Å². The first-order valence-electron chi connectivity index (χ1n) is 8.79. The number of carbonyl (C=O) groups excluding carboxylic acids is 1. The van der Waals surface area contributed by atoms with E-state index in [0.29, 0.717) is 12.3 Å². The quantitative estimate of drug-likeness (QED) is 0.480. The van der Waals surface area contributed by atoms with Gasteiger partial charge in [0.25, 0.3) is 0 Å². The molecule has 0 N–H and O–H groups in total. The van der Waals surface area contributed by atoms with Gasteiger partial charge in [-0.3, -0.25) is 0 Å². The van der Waals surface area contributed by atoms with Gasteiger partial charge in [0.15, 0.2) is 5.69 Å². The van der Waals surface area contributed by atoms with Gasteiger partial charge in [0.05, 0.1) is 13.3 Å². The van der Waals surface area contributed by atoms with E-state index in [1.54, 1.807) is 4.68 Å². The van der Waals surface area contributed by atoms with Crippen LogP contribution in [0.2, 0.25) is 0 Å². The van der Waals surface area contributed by atoms with Gasteiger partial charge in [0.2, 0.25) is 5.89 Å². The second-order valence-corrected chi connectivity index (χ2v) is 6.22. The molecule has 7 heteroatoms. The van der Waals surface area contributed by atoms with Crippen LogP contribution < -0.4 is 0 Å². The molecule has 0 aliphatic heterocycles. The van der Waals surface area contributed by atoms with Crippen molar-refractivity contribution in [1.82, 2.24) is 20.0 Å². The van der Waals surface area contributed by atoms with E-state index in [-0.39, 0.29) is 11.7 Å². The minimum absolute atomic E-state index is 0.124. The van der Waals surface area contributed by atoms with Gasteiger partial charge in [-0.05, 0) is 5.56 Å². The number of hydrogen-bond donors (Lipinski definition) is 0. The summed E-state index contributed by atoms with van der Waals surface area (Å²) in [5, 5.41) is 8.57. The van der Waals surface area contributed by atoms with Crippen LogP contribution in [0.4, 0.5) is 0 Å². The maximum atomic E-state index is 11.8. The lowest BCUT2D eigenvalue weighted by atomic mass is 10.1. The fourth-order valence-electron chi connectivity index (χ4n) is 2.94. The van der Waals surface area contributed by atoms with E-state index in [4.69, 9.17) is 9.15 Å². The predicted octanol–water partition coefficient (Wildman–Crippen LogP) is 3.55. The van der Waals surface area contributed by atoms with Crippen LogP contribution in [-0.2, 0) is 11.2 Å². The molecule has 1 atom stereocenters. The van der Waals surface area contributed by atoms with Crippen LogP contribution in [0.25, 0.3) is 11.3 Å². The van der Waals surface area contributed by atoms with Crippen molar-refractivity contribution >= 4 is 5.97 Å². The van der Waals surface area contributed by atoms with Gasteiger partial charge in [-0.25, -0.2) is 14.5 Å². The highest BCUT2D eigenvalue weighted by molar-refractivity contribution is 5.86. The Morgan fingerprint density at radius 1 is 1.11 bits per heavy atom. The summed E-state index contributed by atoms with van der Waals surface area (Å²) in [5.74, 6) is -0.175. The Morgan fingerprint density at radius 2 is 1.82 bits per heavy atom. The molecular formula is C21H18N4O3. The number of carbonyl (C=O) groups is 1. The topological polar surface area (TPSA) is 83.0 Å². The fraction of sp³-hybridized carbons (Fsp3) is 0.143. The highest BCUT2D eigenvalue weighted by atomic mass is 16.5. The van der Waals surface area contributed by atoms with Crippen LogP contribution in [-0.4, -0.2) is 33.1 Å². The van der Waals surface area contributed by atoms with Gasteiger partial charge >= 0.3 is 5.97 Å². The van der Waals surface area contributed by atoms with E-state index in [9.17, 15) is 4.79 Å². The van der Waals surface area contributed by atoms with Gasteiger partial charge in [-0.1, -0.05) is 65.9 Å². The van der Waals surface area contributed by atoms with Gasteiger partial charge in [-0.15, -0.1) is 5.10 Å². The number of ether oxygens (including phenoxy) is 1. The van der Waals surface area contributed by atoms with Gasteiger partial charge in [0, 0.05) is 12.0 Å². The Bertz CT molecular complexity index is 1060. The minimum Gasteiger partial charge on any atom is -0.464 e. The van der Waals surface area contributed by atoms with Crippen LogP contribution in [0.5, 0.6) is 0 Å². The molecule has 28 heavy (non-hydrogen) atoms. The molecule has 0 aliphatic rings. The Labute approximate surface area is 161 Å². The molecule has 0 fully saturated rings. The largest absolute Gasteiger partial charge is 0.464 e. The molecule has 0 saturated heterocycles. The molecule has 0 saturated carbocycles. The highest BCUT2D eigenvalue weighted by Gasteiger charge is 2.24. The molecule has 0 amide bonds. The van der Waals surface area contributed by atoms with E-state index >= 15 is 0 Å². The van der Waals surface area contributed by atoms with Crippen molar-refractivity contribution < 1.29 is 13.9 Å². The Kier molecular flexibility index (Phi) is 4.97. The van der Waals surface area contributed by atoms with Gasteiger partial charge in [0.1, 0.15) is 18.0 Å². The third-order valence-corrected chi connectivity index (χ3v) is 4.37. The van der Waals surface area contributed by atoms with Gasteiger partial charge in [-0.2, -0.15) is 0 Å². The Hall–Kier alpha value is -3.74. The summed E-state index contributed by atoms with van der Waals surface area (Å²) in [6.07, 6.45) is 3.73. The number of hydrogen-bond acceptors (Lipinski definition) is 6. The van der Waals surface area contributed by atoms with Gasteiger partial charge < -0.3 is 9.15 Å². The minimum atomic E-state index is -0.544. The SMILES string of the molecule is COC(=O)c1coc([C@H](Cc2ccccc2)n2cc(-c3ccccc3)nn2)n1. The molecule has 2 aromatic heterocycles. The number of oxazole rings is 1. The lowest BCUT2D eigenvalue weighted by Crippen LogP contribution is -2.15. The Balaban J connectivity index is 1.70. The zero-order valence-electron chi connectivity index (χ0n) is 15.2. The molecule has 2 heterocycles. The van der Waals surface area contributed by atoms with Crippen LogP contribution in [0.1, 0.15) is 28.0 Å². The van der Waals surface area contributed by atoms with Crippen molar-refractivity contribution in [1.29, 1.82) is 0 Å². The highest BCUT2D eigenvalue weighted by Crippen LogP contribution is 2.24. The molecule has 0 bridgehead atoms. The maximum absolute atomic E-state index is 11.8. The monoisotopic (exact) mass is 374 g/mol. The second-order valence-electron chi connectivity index (χ2n) is 6.22. The summed E-state index contributed by atoms with van der Waals surface area (Å²) in [6.45, 7) is 0. The molecule has 0 aliphatic carbocycles. The number of nitrogens with zero attached hydrogens (tertiary/aromatic N) is 4. The molecule has 2 aromatic carbocycles. The molecule has 4 rings (SSSR count). The molecule has 4 aromatic rings.